The Balaban J connectivity index is 2.42. The quantitative estimate of drug-likeness (QED) is 0.474. The van der Waals surface area contributed by atoms with Crippen LogP contribution in [0.5, 0.6) is 5.75 Å². The van der Waals surface area contributed by atoms with Gasteiger partial charge in [0.2, 0.25) is 6.17 Å². The smallest absolute Gasteiger partial charge is 0.346 e. The molecule has 2 nitrogen and oxygen atoms in total. The first-order chi connectivity index (χ1) is 6.16. The molecule has 0 spiro atoms. The fourth-order valence-electron chi connectivity index (χ4n) is 1.24. The highest BCUT2D eigenvalue weighted by atomic mass is 35.5. The van der Waals surface area contributed by atoms with E-state index < -0.39 is 12.1 Å². The van der Waals surface area contributed by atoms with Crippen molar-refractivity contribution in [1.82, 2.24) is 0 Å². The number of esters is 1. The first kappa shape index (κ1) is 8.51. The van der Waals surface area contributed by atoms with Crippen LogP contribution in [0.15, 0.2) is 18.2 Å². The number of ether oxygens (including phenoxy) is 1. The highest BCUT2D eigenvalue weighted by Crippen LogP contribution is 2.29. The lowest BCUT2D eigenvalue weighted by molar-refractivity contribution is -0.141. The molecule has 2 rings (SSSR count). The van der Waals surface area contributed by atoms with Crippen LogP contribution in [-0.2, 0) is 11.2 Å². The summed E-state index contributed by atoms with van der Waals surface area (Å²) in [5.41, 5.74) is 0.677. The predicted octanol–water partition coefficient (Wildman–Crippen LogP) is 2.14. The maximum atomic E-state index is 12.8. The molecule has 0 radical (unpaired) electrons. The fourth-order valence-corrected chi connectivity index (χ4v) is 1.40. The summed E-state index contributed by atoms with van der Waals surface area (Å²) in [6, 6.07) is 4.82. The first-order valence-electron chi connectivity index (χ1n) is 3.81. The topological polar surface area (TPSA) is 26.3 Å². The minimum atomic E-state index is -1.55. The van der Waals surface area contributed by atoms with Gasteiger partial charge in [-0.15, -0.1) is 0 Å². The number of alkyl halides is 1. The summed E-state index contributed by atoms with van der Waals surface area (Å²) in [5, 5.41) is 0.476. The number of hydrogen-bond acceptors (Lipinski definition) is 2. The second kappa shape index (κ2) is 3.00. The van der Waals surface area contributed by atoms with E-state index in [1.54, 1.807) is 12.1 Å². The molecular weight excluding hydrogens is 195 g/mol. The predicted molar refractivity (Wildman–Crippen MR) is 45.7 cm³/mol. The molecule has 0 N–H and O–H groups in total. The van der Waals surface area contributed by atoms with Crippen LogP contribution in [0.25, 0.3) is 0 Å². The Morgan fingerprint density at radius 3 is 3.08 bits per heavy atom. The lowest BCUT2D eigenvalue weighted by atomic mass is 10.1. The van der Waals surface area contributed by atoms with Crippen LogP contribution in [0.3, 0.4) is 0 Å². The van der Waals surface area contributed by atoms with E-state index in [2.05, 4.69) is 0 Å². The number of carbonyl (C=O) groups excluding carboxylic acids is 1. The lowest BCUT2D eigenvalue weighted by Gasteiger charge is -2.17. The average Bonchev–Trinajstić information content (AvgIpc) is 2.08. The van der Waals surface area contributed by atoms with Crippen molar-refractivity contribution in [2.24, 2.45) is 0 Å². The summed E-state index contributed by atoms with van der Waals surface area (Å²) >= 11 is 5.68. The molecule has 13 heavy (non-hydrogen) atoms. The van der Waals surface area contributed by atoms with Gasteiger partial charge in [-0.3, -0.25) is 0 Å². The van der Waals surface area contributed by atoms with E-state index >= 15 is 0 Å². The molecule has 0 saturated carbocycles. The summed E-state index contributed by atoms with van der Waals surface area (Å²) in [7, 11) is 0. The van der Waals surface area contributed by atoms with Crippen molar-refractivity contribution >= 4 is 17.6 Å². The Morgan fingerprint density at radius 2 is 2.31 bits per heavy atom. The standard InChI is InChI=1S/C9H6ClFO2/c10-6-2-1-5-3-7(11)9(12)13-8(5)4-6/h1-2,4,7H,3H2. The van der Waals surface area contributed by atoms with Crippen molar-refractivity contribution in [1.29, 1.82) is 0 Å². The van der Waals surface area contributed by atoms with Gasteiger partial charge in [0.05, 0.1) is 0 Å². The molecule has 0 bridgehead atoms. The molecule has 1 unspecified atom stereocenters. The zero-order valence-corrected chi connectivity index (χ0v) is 7.34. The number of rotatable bonds is 0. The highest BCUT2D eigenvalue weighted by molar-refractivity contribution is 6.30. The molecule has 1 aliphatic heterocycles. The second-order valence-corrected chi connectivity index (χ2v) is 3.28. The van der Waals surface area contributed by atoms with Crippen molar-refractivity contribution < 1.29 is 13.9 Å². The summed E-state index contributed by atoms with van der Waals surface area (Å²) < 4.78 is 17.6. The van der Waals surface area contributed by atoms with E-state index in [9.17, 15) is 9.18 Å². The van der Waals surface area contributed by atoms with E-state index in [1.807, 2.05) is 0 Å². The van der Waals surface area contributed by atoms with Gasteiger partial charge in [-0.2, -0.15) is 0 Å². The molecule has 0 aromatic heterocycles. The molecule has 1 atom stereocenters. The van der Waals surface area contributed by atoms with Crippen molar-refractivity contribution in [2.45, 2.75) is 12.6 Å². The van der Waals surface area contributed by atoms with Gasteiger partial charge in [0.1, 0.15) is 5.75 Å². The zero-order chi connectivity index (χ0) is 9.42. The Morgan fingerprint density at radius 1 is 1.54 bits per heavy atom. The monoisotopic (exact) mass is 200 g/mol. The van der Waals surface area contributed by atoms with Gasteiger partial charge in [-0.25, -0.2) is 9.18 Å². The second-order valence-electron chi connectivity index (χ2n) is 2.84. The maximum Gasteiger partial charge on any atom is 0.346 e. The first-order valence-corrected chi connectivity index (χ1v) is 4.19. The van der Waals surface area contributed by atoms with Gasteiger partial charge in [0.25, 0.3) is 0 Å². The molecule has 68 valence electrons. The SMILES string of the molecule is O=C1Oc2cc(Cl)ccc2CC1F. The summed E-state index contributed by atoms with van der Waals surface area (Å²) in [5.74, 6) is -0.471. The van der Waals surface area contributed by atoms with Gasteiger partial charge in [-0.1, -0.05) is 17.7 Å². The largest absolute Gasteiger partial charge is 0.424 e. The highest BCUT2D eigenvalue weighted by Gasteiger charge is 2.27. The van der Waals surface area contributed by atoms with E-state index in [0.717, 1.165) is 0 Å². The Hall–Kier alpha value is -1.09. The fraction of sp³-hybridized carbons (Fsp3) is 0.222. The Kier molecular flexibility index (Phi) is 1.96. The molecule has 4 heteroatoms. The van der Waals surface area contributed by atoms with Crippen molar-refractivity contribution in [3.8, 4) is 5.75 Å². The summed E-state index contributed by atoms with van der Waals surface area (Å²) in [4.78, 5) is 10.8. The van der Waals surface area contributed by atoms with E-state index in [4.69, 9.17) is 16.3 Å². The average molecular weight is 201 g/mol. The summed E-state index contributed by atoms with van der Waals surface area (Å²) in [6.45, 7) is 0. The number of fused-ring (bicyclic) bond motifs is 1. The summed E-state index contributed by atoms with van der Waals surface area (Å²) in [6.07, 6.45) is -1.47. The third kappa shape index (κ3) is 1.52. The van der Waals surface area contributed by atoms with Crippen LogP contribution in [0.4, 0.5) is 4.39 Å². The molecule has 0 fully saturated rings. The lowest BCUT2D eigenvalue weighted by Crippen LogP contribution is -2.28. The third-order valence-electron chi connectivity index (χ3n) is 1.89. The number of halogens is 2. The molecule has 0 saturated heterocycles. The van der Waals surface area contributed by atoms with Crippen LogP contribution in [-0.4, -0.2) is 12.1 Å². The molecule has 1 aliphatic rings. The third-order valence-corrected chi connectivity index (χ3v) is 2.13. The van der Waals surface area contributed by atoms with Crippen LogP contribution < -0.4 is 4.74 Å². The van der Waals surface area contributed by atoms with Gasteiger partial charge in [0.15, 0.2) is 0 Å². The molecule has 0 aliphatic carbocycles. The van der Waals surface area contributed by atoms with Crippen LogP contribution in [0, 0.1) is 0 Å². The molecule has 0 amide bonds. The van der Waals surface area contributed by atoms with Crippen LogP contribution in [0.2, 0.25) is 5.02 Å². The number of carbonyl (C=O) groups is 1. The van der Waals surface area contributed by atoms with Gasteiger partial charge in [0, 0.05) is 11.4 Å². The molecular formula is C9H6ClFO2. The molecule has 1 heterocycles. The van der Waals surface area contributed by atoms with Gasteiger partial charge >= 0.3 is 5.97 Å². The van der Waals surface area contributed by atoms with E-state index in [0.29, 0.717) is 16.3 Å². The minimum Gasteiger partial charge on any atom is -0.424 e. The van der Waals surface area contributed by atoms with Gasteiger partial charge in [-0.05, 0) is 17.7 Å². The van der Waals surface area contributed by atoms with Gasteiger partial charge < -0.3 is 4.74 Å². The normalized spacial score (nSPS) is 20.8. The van der Waals surface area contributed by atoms with Crippen molar-refractivity contribution in [3.63, 3.8) is 0 Å². The molecule has 1 aromatic carbocycles. The number of benzene rings is 1. The van der Waals surface area contributed by atoms with Crippen molar-refractivity contribution in [2.75, 3.05) is 0 Å². The minimum absolute atomic E-state index is 0.0747. The Bertz CT molecular complexity index is 365. The van der Waals surface area contributed by atoms with E-state index in [-0.39, 0.29) is 6.42 Å². The van der Waals surface area contributed by atoms with Crippen LogP contribution >= 0.6 is 11.6 Å². The van der Waals surface area contributed by atoms with E-state index in [1.165, 1.54) is 6.07 Å². The maximum absolute atomic E-state index is 12.8. The Labute approximate surface area is 79.3 Å². The number of hydrogen-bond donors (Lipinski definition) is 0. The van der Waals surface area contributed by atoms with Crippen molar-refractivity contribution in [3.05, 3.63) is 28.8 Å². The zero-order valence-electron chi connectivity index (χ0n) is 6.59. The van der Waals surface area contributed by atoms with Crippen LogP contribution in [0.1, 0.15) is 5.56 Å². The molecule has 1 aromatic rings.